The fourth-order valence-corrected chi connectivity index (χ4v) is 3.11. The van der Waals surface area contributed by atoms with Gasteiger partial charge in [0.25, 0.3) is 0 Å². The Morgan fingerprint density at radius 1 is 1.24 bits per heavy atom. The van der Waals surface area contributed by atoms with Gasteiger partial charge >= 0.3 is 0 Å². The van der Waals surface area contributed by atoms with Gasteiger partial charge in [0.2, 0.25) is 0 Å². The van der Waals surface area contributed by atoms with E-state index in [0.717, 1.165) is 24.4 Å². The first kappa shape index (κ1) is 18.0. The van der Waals surface area contributed by atoms with Gasteiger partial charge in [-0.15, -0.1) is 0 Å². The molecule has 5 heteroatoms. The molecule has 0 aliphatic heterocycles. The lowest BCUT2D eigenvalue weighted by Crippen LogP contribution is -2.19. The van der Waals surface area contributed by atoms with Crippen LogP contribution in [0, 0.1) is 5.92 Å². The molecular formula is C16H27NO3S. The highest BCUT2D eigenvalue weighted by Gasteiger charge is 2.09. The van der Waals surface area contributed by atoms with Crippen molar-refractivity contribution in [2.24, 2.45) is 5.92 Å². The molecule has 0 bridgehead atoms. The van der Waals surface area contributed by atoms with E-state index in [-0.39, 0.29) is 18.1 Å². The van der Waals surface area contributed by atoms with Crippen LogP contribution in [0.2, 0.25) is 0 Å². The second-order valence-electron chi connectivity index (χ2n) is 5.67. The van der Waals surface area contributed by atoms with Crippen molar-refractivity contribution in [2.45, 2.75) is 33.7 Å². The first-order valence-electron chi connectivity index (χ1n) is 7.56. The van der Waals surface area contributed by atoms with Crippen LogP contribution >= 0.6 is 0 Å². The molecule has 1 N–H and O–H groups in total. The predicted molar refractivity (Wildman–Crippen MR) is 87.4 cm³/mol. The van der Waals surface area contributed by atoms with Gasteiger partial charge in [-0.3, -0.25) is 0 Å². The van der Waals surface area contributed by atoms with Crippen LogP contribution in [0.3, 0.4) is 0 Å². The van der Waals surface area contributed by atoms with Crippen molar-refractivity contribution >= 4 is 9.84 Å². The maximum atomic E-state index is 11.6. The van der Waals surface area contributed by atoms with E-state index in [9.17, 15) is 8.42 Å². The van der Waals surface area contributed by atoms with Crippen LogP contribution < -0.4 is 10.1 Å². The van der Waals surface area contributed by atoms with Gasteiger partial charge in [0.15, 0.2) is 9.84 Å². The van der Waals surface area contributed by atoms with E-state index in [1.807, 2.05) is 31.2 Å². The number of ether oxygens (including phenoxy) is 1. The van der Waals surface area contributed by atoms with E-state index in [1.54, 1.807) is 0 Å². The molecule has 0 heterocycles. The molecule has 4 nitrogen and oxygen atoms in total. The van der Waals surface area contributed by atoms with Crippen molar-refractivity contribution in [3.63, 3.8) is 0 Å². The molecule has 0 saturated heterocycles. The van der Waals surface area contributed by atoms with E-state index in [0.29, 0.717) is 12.3 Å². The Balaban J connectivity index is 2.42. The lowest BCUT2D eigenvalue weighted by Gasteiger charge is -2.10. The molecule has 1 rings (SSSR count). The zero-order valence-electron chi connectivity index (χ0n) is 13.3. The summed E-state index contributed by atoms with van der Waals surface area (Å²) in [6.45, 7) is 8.19. The van der Waals surface area contributed by atoms with Crippen LogP contribution in [-0.2, 0) is 16.4 Å². The van der Waals surface area contributed by atoms with Crippen LogP contribution in [0.1, 0.15) is 32.8 Å². The zero-order chi connectivity index (χ0) is 15.7. The molecule has 1 aromatic rings. The van der Waals surface area contributed by atoms with Gasteiger partial charge in [-0.05, 0) is 36.6 Å². The molecule has 0 radical (unpaired) electrons. The number of hydrogen-bond donors (Lipinski definition) is 1. The second kappa shape index (κ2) is 9.05. The average molecular weight is 313 g/mol. The normalized spacial score (nSPS) is 11.8. The summed E-state index contributed by atoms with van der Waals surface area (Å²) in [5.74, 6) is 1.66. The van der Waals surface area contributed by atoms with E-state index >= 15 is 0 Å². The highest BCUT2D eigenvalue weighted by atomic mass is 32.2. The van der Waals surface area contributed by atoms with Gasteiger partial charge < -0.3 is 10.1 Å². The van der Waals surface area contributed by atoms with E-state index < -0.39 is 9.84 Å². The molecule has 0 atom stereocenters. The zero-order valence-corrected chi connectivity index (χ0v) is 14.1. The summed E-state index contributed by atoms with van der Waals surface area (Å²) < 4.78 is 28.8. The average Bonchev–Trinajstić information content (AvgIpc) is 2.38. The van der Waals surface area contributed by atoms with Crippen LogP contribution in [0.5, 0.6) is 5.75 Å². The third-order valence-corrected chi connectivity index (χ3v) is 4.78. The first-order valence-corrected chi connectivity index (χ1v) is 9.38. The summed E-state index contributed by atoms with van der Waals surface area (Å²) in [7, 11) is -2.97. The Labute approximate surface area is 128 Å². The van der Waals surface area contributed by atoms with Crippen molar-refractivity contribution in [3.05, 3.63) is 29.8 Å². The minimum atomic E-state index is -2.97. The highest BCUT2D eigenvalue weighted by molar-refractivity contribution is 7.91. The molecule has 21 heavy (non-hydrogen) atoms. The van der Waals surface area contributed by atoms with Crippen LogP contribution in [-0.4, -0.2) is 33.1 Å². The van der Waals surface area contributed by atoms with Gasteiger partial charge in [-0.2, -0.15) is 0 Å². The Bertz CT molecular complexity index is 512. The van der Waals surface area contributed by atoms with Gasteiger partial charge in [0.1, 0.15) is 12.4 Å². The molecule has 0 aliphatic rings. The third kappa shape index (κ3) is 8.07. The summed E-state index contributed by atoms with van der Waals surface area (Å²) >= 11 is 0. The van der Waals surface area contributed by atoms with Crippen LogP contribution in [0.25, 0.3) is 0 Å². The summed E-state index contributed by atoms with van der Waals surface area (Å²) in [4.78, 5) is 0. The number of sulfone groups is 1. The van der Waals surface area contributed by atoms with E-state index in [4.69, 9.17) is 4.74 Å². The smallest absolute Gasteiger partial charge is 0.153 e. The fraction of sp³-hybridized carbons (Fsp3) is 0.625. The maximum absolute atomic E-state index is 11.6. The molecule has 0 fully saturated rings. The summed E-state index contributed by atoms with van der Waals surface area (Å²) in [5.41, 5.74) is 1.14. The monoisotopic (exact) mass is 313 g/mol. The summed E-state index contributed by atoms with van der Waals surface area (Å²) in [6, 6.07) is 7.79. The topological polar surface area (TPSA) is 55.4 Å². The summed E-state index contributed by atoms with van der Waals surface area (Å²) in [5, 5.41) is 3.37. The number of nitrogens with one attached hydrogen (secondary N) is 1. The molecular weight excluding hydrogens is 286 g/mol. The molecule has 1 aromatic carbocycles. The van der Waals surface area contributed by atoms with E-state index in [2.05, 4.69) is 19.2 Å². The predicted octanol–water partition coefficient (Wildman–Crippen LogP) is 2.64. The lowest BCUT2D eigenvalue weighted by atomic mass is 10.2. The van der Waals surface area contributed by atoms with Gasteiger partial charge in [-0.25, -0.2) is 8.42 Å². The van der Waals surface area contributed by atoms with Crippen LogP contribution in [0.15, 0.2) is 24.3 Å². The van der Waals surface area contributed by atoms with Crippen molar-refractivity contribution < 1.29 is 13.2 Å². The maximum Gasteiger partial charge on any atom is 0.153 e. The Kier molecular flexibility index (Phi) is 7.75. The Morgan fingerprint density at radius 3 is 2.67 bits per heavy atom. The van der Waals surface area contributed by atoms with Crippen molar-refractivity contribution in [1.29, 1.82) is 0 Å². The van der Waals surface area contributed by atoms with Crippen molar-refractivity contribution in [1.82, 2.24) is 5.32 Å². The molecule has 0 spiro atoms. The lowest BCUT2D eigenvalue weighted by molar-refractivity contribution is 0.340. The van der Waals surface area contributed by atoms with Gasteiger partial charge in [0, 0.05) is 6.54 Å². The SMILES string of the molecule is CCCS(=O)(=O)CCOc1cccc(CNCC(C)C)c1. The molecule has 0 unspecified atom stereocenters. The highest BCUT2D eigenvalue weighted by Crippen LogP contribution is 2.13. The minimum absolute atomic E-state index is 0.0800. The van der Waals surface area contributed by atoms with Crippen molar-refractivity contribution in [2.75, 3.05) is 24.7 Å². The Hall–Kier alpha value is -1.07. The van der Waals surface area contributed by atoms with E-state index in [1.165, 1.54) is 0 Å². The minimum Gasteiger partial charge on any atom is -0.493 e. The number of benzene rings is 1. The molecule has 0 saturated carbocycles. The quantitative estimate of drug-likeness (QED) is 0.721. The largest absolute Gasteiger partial charge is 0.493 e. The fourth-order valence-electron chi connectivity index (χ4n) is 1.95. The third-order valence-electron chi connectivity index (χ3n) is 2.96. The number of hydrogen-bond acceptors (Lipinski definition) is 4. The standard InChI is InChI=1S/C16H27NO3S/c1-4-9-21(18,19)10-8-20-16-7-5-6-15(11-16)13-17-12-14(2)3/h5-7,11,14,17H,4,8-10,12-13H2,1-3H3. The molecule has 120 valence electrons. The second-order valence-corrected chi connectivity index (χ2v) is 7.98. The van der Waals surface area contributed by atoms with Gasteiger partial charge in [-0.1, -0.05) is 32.9 Å². The first-order chi connectivity index (χ1) is 9.93. The number of rotatable bonds is 10. The molecule has 0 amide bonds. The van der Waals surface area contributed by atoms with Crippen molar-refractivity contribution in [3.8, 4) is 5.75 Å². The molecule has 0 aliphatic carbocycles. The van der Waals surface area contributed by atoms with Gasteiger partial charge in [0.05, 0.1) is 11.5 Å². The van der Waals surface area contributed by atoms with Crippen LogP contribution in [0.4, 0.5) is 0 Å². The Morgan fingerprint density at radius 2 is 2.00 bits per heavy atom. The summed E-state index contributed by atoms with van der Waals surface area (Å²) in [6.07, 6.45) is 0.652. The molecule has 0 aromatic heterocycles.